The molecule has 0 atom stereocenters. The molecule has 5 nitrogen and oxygen atoms in total. The molecular formula is C16H19N5. The molecule has 5 heteroatoms. The highest BCUT2D eigenvalue weighted by molar-refractivity contribution is 5.80. The number of fused-ring (bicyclic) bond motifs is 1. The van der Waals surface area contributed by atoms with Gasteiger partial charge in [-0.25, -0.2) is 10.8 Å². The van der Waals surface area contributed by atoms with Crippen molar-refractivity contribution >= 4 is 11.5 Å². The molecule has 0 amide bonds. The summed E-state index contributed by atoms with van der Waals surface area (Å²) in [5.41, 5.74) is 7.71. The minimum absolute atomic E-state index is 0.758. The minimum atomic E-state index is 0.758. The van der Waals surface area contributed by atoms with Crippen molar-refractivity contribution < 1.29 is 0 Å². The van der Waals surface area contributed by atoms with Crippen LogP contribution in [0.2, 0.25) is 0 Å². The SMILES string of the molecule is CCCc1cc(NN)n2nc(C)c(-c3ccccc3)c2n1. The number of nitrogen functional groups attached to an aromatic ring is 1. The lowest BCUT2D eigenvalue weighted by Crippen LogP contribution is -2.13. The number of hydrogen-bond donors (Lipinski definition) is 2. The van der Waals surface area contributed by atoms with Gasteiger partial charge in [-0.05, 0) is 18.9 Å². The van der Waals surface area contributed by atoms with Crippen molar-refractivity contribution in [3.63, 3.8) is 0 Å². The van der Waals surface area contributed by atoms with Gasteiger partial charge in [0.15, 0.2) is 5.65 Å². The van der Waals surface area contributed by atoms with E-state index in [1.54, 1.807) is 4.52 Å². The Bertz CT molecular complexity index is 761. The number of hydrazine groups is 1. The molecule has 0 bridgehead atoms. The molecule has 0 aliphatic carbocycles. The lowest BCUT2D eigenvalue weighted by Gasteiger charge is -2.07. The molecule has 2 heterocycles. The van der Waals surface area contributed by atoms with E-state index >= 15 is 0 Å². The Balaban J connectivity index is 2.29. The fourth-order valence-corrected chi connectivity index (χ4v) is 2.60. The second kappa shape index (κ2) is 5.54. The molecule has 0 saturated heterocycles. The van der Waals surface area contributed by atoms with Crippen molar-refractivity contribution in [3.8, 4) is 11.1 Å². The second-order valence-corrected chi connectivity index (χ2v) is 5.09. The van der Waals surface area contributed by atoms with E-state index in [1.807, 2.05) is 31.2 Å². The van der Waals surface area contributed by atoms with Gasteiger partial charge in [0.05, 0.1) is 5.69 Å². The van der Waals surface area contributed by atoms with E-state index < -0.39 is 0 Å². The van der Waals surface area contributed by atoms with Crippen LogP contribution in [0, 0.1) is 6.92 Å². The Morgan fingerprint density at radius 2 is 2.00 bits per heavy atom. The van der Waals surface area contributed by atoms with Crippen molar-refractivity contribution in [1.82, 2.24) is 14.6 Å². The smallest absolute Gasteiger partial charge is 0.165 e. The molecule has 0 aliphatic heterocycles. The summed E-state index contributed by atoms with van der Waals surface area (Å²) in [5.74, 6) is 6.40. The molecule has 0 saturated carbocycles. The van der Waals surface area contributed by atoms with Crippen LogP contribution in [0.15, 0.2) is 36.4 Å². The summed E-state index contributed by atoms with van der Waals surface area (Å²) < 4.78 is 1.77. The van der Waals surface area contributed by atoms with Gasteiger partial charge in [-0.2, -0.15) is 9.61 Å². The zero-order valence-electron chi connectivity index (χ0n) is 12.3. The van der Waals surface area contributed by atoms with Crippen LogP contribution in [-0.2, 0) is 6.42 Å². The number of nitrogens with zero attached hydrogens (tertiary/aromatic N) is 3. The maximum absolute atomic E-state index is 5.64. The fourth-order valence-electron chi connectivity index (χ4n) is 2.60. The van der Waals surface area contributed by atoms with Crippen LogP contribution in [0.1, 0.15) is 24.7 Å². The summed E-state index contributed by atoms with van der Waals surface area (Å²) in [4.78, 5) is 4.78. The van der Waals surface area contributed by atoms with E-state index in [-0.39, 0.29) is 0 Å². The average molecular weight is 281 g/mol. The van der Waals surface area contributed by atoms with Gasteiger partial charge in [-0.3, -0.25) is 0 Å². The molecule has 1 aromatic carbocycles. The molecule has 0 unspecified atom stereocenters. The second-order valence-electron chi connectivity index (χ2n) is 5.09. The zero-order chi connectivity index (χ0) is 14.8. The summed E-state index contributed by atoms with van der Waals surface area (Å²) in [6, 6.07) is 12.2. The minimum Gasteiger partial charge on any atom is -0.308 e. The molecule has 0 fully saturated rings. The summed E-state index contributed by atoms with van der Waals surface area (Å²) in [5, 5.41) is 4.57. The standard InChI is InChI=1S/C16H19N5/c1-3-7-13-10-14(19-17)21-16(18-13)15(11(2)20-21)12-8-5-4-6-9-12/h4-6,8-10,19H,3,7,17H2,1-2H3. The largest absolute Gasteiger partial charge is 0.308 e. The summed E-state index contributed by atoms with van der Waals surface area (Å²) in [6.45, 7) is 4.14. The van der Waals surface area contributed by atoms with Crippen LogP contribution in [-0.4, -0.2) is 14.6 Å². The number of rotatable bonds is 4. The molecule has 0 radical (unpaired) electrons. The highest BCUT2D eigenvalue weighted by Gasteiger charge is 2.15. The van der Waals surface area contributed by atoms with Gasteiger partial charge < -0.3 is 5.43 Å². The number of benzene rings is 1. The van der Waals surface area contributed by atoms with Crippen LogP contribution in [0.4, 0.5) is 5.82 Å². The number of aryl methyl sites for hydroxylation is 2. The first-order chi connectivity index (χ1) is 10.2. The van der Waals surface area contributed by atoms with E-state index in [0.717, 1.165) is 46.8 Å². The molecular weight excluding hydrogens is 262 g/mol. The highest BCUT2D eigenvalue weighted by atomic mass is 15.4. The number of hydrogen-bond acceptors (Lipinski definition) is 4. The molecule has 2 aromatic heterocycles. The van der Waals surface area contributed by atoms with Crippen LogP contribution in [0.3, 0.4) is 0 Å². The predicted molar refractivity (Wildman–Crippen MR) is 85.0 cm³/mol. The molecule has 108 valence electrons. The maximum atomic E-state index is 5.64. The van der Waals surface area contributed by atoms with Crippen molar-refractivity contribution in [3.05, 3.63) is 47.8 Å². The zero-order valence-corrected chi connectivity index (χ0v) is 12.3. The van der Waals surface area contributed by atoms with Crippen LogP contribution < -0.4 is 11.3 Å². The lowest BCUT2D eigenvalue weighted by atomic mass is 10.1. The Labute approximate surface area is 123 Å². The number of anilines is 1. The summed E-state index contributed by atoms with van der Waals surface area (Å²) in [6.07, 6.45) is 1.96. The van der Waals surface area contributed by atoms with Gasteiger partial charge in [0, 0.05) is 17.3 Å². The van der Waals surface area contributed by atoms with Gasteiger partial charge in [0.25, 0.3) is 0 Å². The Morgan fingerprint density at radius 1 is 1.24 bits per heavy atom. The number of aromatic nitrogens is 3. The summed E-state index contributed by atoms with van der Waals surface area (Å²) >= 11 is 0. The maximum Gasteiger partial charge on any atom is 0.165 e. The third-order valence-corrected chi connectivity index (χ3v) is 3.53. The Hall–Kier alpha value is -2.40. The quantitative estimate of drug-likeness (QED) is 0.570. The third-order valence-electron chi connectivity index (χ3n) is 3.53. The van der Waals surface area contributed by atoms with Gasteiger partial charge in [0.1, 0.15) is 5.82 Å². The van der Waals surface area contributed by atoms with Gasteiger partial charge in [0.2, 0.25) is 0 Å². The third kappa shape index (κ3) is 2.36. The molecule has 3 aromatic rings. The molecule has 0 aliphatic rings. The molecule has 0 spiro atoms. The van der Waals surface area contributed by atoms with Gasteiger partial charge >= 0.3 is 0 Å². The highest BCUT2D eigenvalue weighted by Crippen LogP contribution is 2.29. The molecule has 3 rings (SSSR count). The Morgan fingerprint density at radius 3 is 2.67 bits per heavy atom. The first kappa shape index (κ1) is 13.6. The lowest BCUT2D eigenvalue weighted by molar-refractivity contribution is 0.854. The van der Waals surface area contributed by atoms with Crippen LogP contribution >= 0.6 is 0 Å². The van der Waals surface area contributed by atoms with Crippen LogP contribution in [0.5, 0.6) is 0 Å². The van der Waals surface area contributed by atoms with Crippen molar-refractivity contribution in [2.45, 2.75) is 26.7 Å². The first-order valence-electron chi connectivity index (χ1n) is 7.16. The Kier molecular flexibility index (Phi) is 3.58. The fraction of sp³-hybridized carbons (Fsp3) is 0.250. The van der Waals surface area contributed by atoms with E-state index in [2.05, 4.69) is 29.6 Å². The van der Waals surface area contributed by atoms with Crippen molar-refractivity contribution in [2.24, 2.45) is 5.84 Å². The summed E-state index contributed by atoms with van der Waals surface area (Å²) in [7, 11) is 0. The van der Waals surface area contributed by atoms with E-state index in [9.17, 15) is 0 Å². The topological polar surface area (TPSA) is 68.2 Å². The van der Waals surface area contributed by atoms with Crippen molar-refractivity contribution in [1.29, 1.82) is 0 Å². The predicted octanol–water partition coefficient (Wildman–Crippen LogP) is 2.94. The normalized spacial score (nSPS) is 11.0. The van der Waals surface area contributed by atoms with Gasteiger partial charge in [-0.1, -0.05) is 43.7 Å². The monoisotopic (exact) mass is 281 g/mol. The molecule has 21 heavy (non-hydrogen) atoms. The molecule has 3 N–H and O–H groups in total. The number of nitrogens with one attached hydrogen (secondary N) is 1. The first-order valence-corrected chi connectivity index (χ1v) is 7.16. The van der Waals surface area contributed by atoms with Gasteiger partial charge in [-0.15, -0.1) is 0 Å². The van der Waals surface area contributed by atoms with E-state index in [1.165, 1.54) is 0 Å². The van der Waals surface area contributed by atoms with E-state index in [0.29, 0.717) is 0 Å². The van der Waals surface area contributed by atoms with Crippen LogP contribution in [0.25, 0.3) is 16.8 Å². The average Bonchev–Trinajstić information content (AvgIpc) is 2.83. The van der Waals surface area contributed by atoms with Crippen molar-refractivity contribution in [2.75, 3.05) is 5.43 Å². The number of nitrogens with two attached hydrogens (primary N) is 1. The van der Waals surface area contributed by atoms with E-state index in [4.69, 9.17) is 10.8 Å².